The molecular weight excluding hydrogens is 397 g/mol. The summed E-state index contributed by atoms with van der Waals surface area (Å²) < 4.78 is 11.6. The normalized spacial score (nSPS) is 18.2. The number of benzene rings is 2. The van der Waals surface area contributed by atoms with Gasteiger partial charge in [-0.1, -0.05) is 41.8 Å². The van der Waals surface area contributed by atoms with E-state index in [-0.39, 0.29) is 11.5 Å². The fourth-order valence-electron chi connectivity index (χ4n) is 3.51. The summed E-state index contributed by atoms with van der Waals surface area (Å²) in [6.07, 6.45) is 5.47. The number of rotatable bonds is 5. The highest BCUT2D eigenvalue weighted by Crippen LogP contribution is 2.36. The van der Waals surface area contributed by atoms with Crippen molar-refractivity contribution in [3.8, 4) is 11.5 Å². The van der Waals surface area contributed by atoms with Gasteiger partial charge in [-0.25, -0.2) is 0 Å². The van der Waals surface area contributed by atoms with E-state index in [0.717, 1.165) is 19.6 Å². The average Bonchev–Trinajstić information content (AvgIpc) is 3.01. The van der Waals surface area contributed by atoms with Crippen LogP contribution in [0, 0.1) is 0 Å². The summed E-state index contributed by atoms with van der Waals surface area (Å²) in [5.41, 5.74) is 1.16. The van der Waals surface area contributed by atoms with Gasteiger partial charge in [-0.3, -0.25) is 9.69 Å². The monoisotopic (exact) mass is 417 g/mol. The van der Waals surface area contributed by atoms with Crippen molar-refractivity contribution < 1.29 is 14.3 Å². The van der Waals surface area contributed by atoms with Gasteiger partial charge in [0.15, 0.2) is 5.76 Å². The zero-order valence-electron chi connectivity index (χ0n) is 15.4. The van der Waals surface area contributed by atoms with Crippen LogP contribution in [0.5, 0.6) is 11.5 Å². The molecule has 0 amide bonds. The number of carbonyl (C=O) groups is 1. The quantitative estimate of drug-likeness (QED) is 0.604. The molecule has 6 heteroatoms. The highest BCUT2D eigenvalue weighted by molar-refractivity contribution is 6.43. The number of ketones is 1. The first kappa shape index (κ1) is 19.3. The summed E-state index contributed by atoms with van der Waals surface area (Å²) in [5.74, 6) is 1.26. The molecule has 0 saturated carbocycles. The second kappa shape index (κ2) is 8.56. The predicted octanol–water partition coefficient (Wildman–Crippen LogP) is 5.47. The minimum absolute atomic E-state index is 0.175. The van der Waals surface area contributed by atoms with Gasteiger partial charge in [-0.15, -0.1) is 0 Å². The first-order chi connectivity index (χ1) is 13.6. The number of hydrogen-bond acceptors (Lipinski definition) is 4. The van der Waals surface area contributed by atoms with E-state index in [4.69, 9.17) is 32.7 Å². The Morgan fingerprint density at radius 3 is 2.75 bits per heavy atom. The molecule has 0 atom stereocenters. The van der Waals surface area contributed by atoms with Gasteiger partial charge in [-0.2, -0.15) is 0 Å². The van der Waals surface area contributed by atoms with Gasteiger partial charge in [0.05, 0.1) is 15.6 Å². The Bertz CT molecular complexity index is 920. The molecule has 0 N–H and O–H groups in total. The van der Waals surface area contributed by atoms with Crippen LogP contribution in [0.2, 0.25) is 10.0 Å². The highest BCUT2D eigenvalue weighted by Gasteiger charge is 2.28. The van der Waals surface area contributed by atoms with Crippen molar-refractivity contribution in [2.75, 3.05) is 26.2 Å². The molecule has 1 fully saturated rings. The molecule has 0 radical (unpaired) electrons. The third-order valence-electron chi connectivity index (χ3n) is 5.03. The number of allylic oxidation sites excluding steroid dienone is 1. The van der Waals surface area contributed by atoms with Crippen molar-refractivity contribution in [3.63, 3.8) is 0 Å². The largest absolute Gasteiger partial charge is 0.492 e. The number of carbonyl (C=O) groups excluding carboxylic acids is 1. The lowest BCUT2D eigenvalue weighted by atomic mass is 10.1. The first-order valence-electron chi connectivity index (χ1n) is 9.49. The molecule has 4 nitrogen and oxygen atoms in total. The molecule has 2 aromatic rings. The predicted molar refractivity (Wildman–Crippen MR) is 112 cm³/mol. The van der Waals surface area contributed by atoms with Crippen molar-refractivity contribution in [1.29, 1.82) is 0 Å². The van der Waals surface area contributed by atoms with Gasteiger partial charge in [0.25, 0.3) is 0 Å². The van der Waals surface area contributed by atoms with Crippen LogP contribution in [0.3, 0.4) is 0 Å². The fraction of sp³-hybridized carbons (Fsp3) is 0.318. The van der Waals surface area contributed by atoms with E-state index in [2.05, 4.69) is 4.90 Å². The number of fused-ring (bicyclic) bond motifs is 1. The van der Waals surface area contributed by atoms with E-state index < -0.39 is 0 Å². The van der Waals surface area contributed by atoms with Gasteiger partial charge < -0.3 is 9.47 Å². The molecule has 0 aliphatic carbocycles. The second-order valence-corrected chi connectivity index (χ2v) is 7.78. The van der Waals surface area contributed by atoms with Gasteiger partial charge in [-0.05, 0) is 55.8 Å². The van der Waals surface area contributed by atoms with Crippen molar-refractivity contribution in [3.05, 3.63) is 63.3 Å². The van der Waals surface area contributed by atoms with E-state index in [1.165, 1.54) is 19.3 Å². The Hall–Kier alpha value is -2.01. The number of piperidine rings is 1. The molecule has 146 valence electrons. The topological polar surface area (TPSA) is 38.8 Å². The van der Waals surface area contributed by atoms with Crippen molar-refractivity contribution in [2.24, 2.45) is 0 Å². The number of ether oxygens (including phenoxy) is 2. The zero-order chi connectivity index (χ0) is 19.5. The molecular formula is C22H21Cl2NO3. The fourth-order valence-corrected chi connectivity index (χ4v) is 3.87. The molecule has 28 heavy (non-hydrogen) atoms. The maximum atomic E-state index is 12.6. The van der Waals surface area contributed by atoms with Crippen LogP contribution in [0.1, 0.15) is 35.2 Å². The molecule has 1 saturated heterocycles. The Morgan fingerprint density at radius 2 is 1.93 bits per heavy atom. The molecule has 0 unspecified atom stereocenters. The maximum absolute atomic E-state index is 12.6. The lowest BCUT2D eigenvalue weighted by molar-refractivity contribution is 0.101. The number of likely N-dealkylation sites (tertiary alicyclic amines) is 1. The average molecular weight is 418 g/mol. The summed E-state index contributed by atoms with van der Waals surface area (Å²) >= 11 is 12.3. The molecule has 2 aliphatic heterocycles. The van der Waals surface area contributed by atoms with E-state index in [1.807, 2.05) is 6.07 Å². The maximum Gasteiger partial charge on any atom is 0.231 e. The molecule has 0 spiro atoms. The van der Waals surface area contributed by atoms with Gasteiger partial charge in [0, 0.05) is 12.6 Å². The summed E-state index contributed by atoms with van der Waals surface area (Å²) in [5, 5.41) is 0.828. The summed E-state index contributed by atoms with van der Waals surface area (Å²) in [6.45, 7) is 3.82. The Morgan fingerprint density at radius 1 is 1.11 bits per heavy atom. The second-order valence-electron chi connectivity index (χ2n) is 6.99. The van der Waals surface area contributed by atoms with E-state index in [9.17, 15) is 4.79 Å². The Labute approximate surface area is 174 Å². The van der Waals surface area contributed by atoms with Crippen LogP contribution in [-0.2, 0) is 0 Å². The van der Waals surface area contributed by atoms with Crippen LogP contribution >= 0.6 is 23.2 Å². The molecule has 2 aromatic carbocycles. The van der Waals surface area contributed by atoms with Gasteiger partial charge >= 0.3 is 0 Å². The minimum Gasteiger partial charge on any atom is -0.492 e. The number of hydrogen-bond donors (Lipinski definition) is 0. The van der Waals surface area contributed by atoms with Crippen molar-refractivity contribution in [2.45, 2.75) is 19.3 Å². The van der Waals surface area contributed by atoms with Crippen LogP contribution in [0.4, 0.5) is 0 Å². The molecule has 4 rings (SSSR count). The van der Waals surface area contributed by atoms with Crippen molar-refractivity contribution >= 4 is 35.1 Å². The van der Waals surface area contributed by atoms with E-state index >= 15 is 0 Å². The summed E-state index contributed by atoms with van der Waals surface area (Å²) in [6, 6.07) is 10.6. The number of halogens is 2. The van der Waals surface area contributed by atoms with E-state index in [0.29, 0.717) is 39.3 Å². The third-order valence-corrected chi connectivity index (χ3v) is 5.87. The molecule has 0 aromatic heterocycles. The minimum atomic E-state index is -0.175. The third kappa shape index (κ3) is 4.19. The summed E-state index contributed by atoms with van der Waals surface area (Å²) in [7, 11) is 0. The van der Waals surface area contributed by atoms with Crippen LogP contribution < -0.4 is 9.47 Å². The Balaban J connectivity index is 1.44. The highest BCUT2D eigenvalue weighted by atomic mass is 35.5. The lowest BCUT2D eigenvalue weighted by Gasteiger charge is -2.26. The van der Waals surface area contributed by atoms with Crippen LogP contribution in [-0.4, -0.2) is 36.9 Å². The zero-order valence-corrected chi connectivity index (χ0v) is 16.9. The SMILES string of the molecule is O=C1/C(=C/c2cccc(Cl)c2Cl)Oc2cc(OCCN3CCCCC3)ccc21. The first-order valence-corrected chi connectivity index (χ1v) is 10.2. The van der Waals surface area contributed by atoms with Gasteiger partial charge in [0.2, 0.25) is 5.78 Å². The molecule has 2 heterocycles. The smallest absolute Gasteiger partial charge is 0.231 e. The van der Waals surface area contributed by atoms with Gasteiger partial charge in [0.1, 0.15) is 18.1 Å². The van der Waals surface area contributed by atoms with Crippen LogP contribution in [0.25, 0.3) is 6.08 Å². The van der Waals surface area contributed by atoms with Crippen LogP contribution in [0.15, 0.2) is 42.2 Å². The Kier molecular flexibility index (Phi) is 5.90. The van der Waals surface area contributed by atoms with Crippen molar-refractivity contribution in [1.82, 2.24) is 4.90 Å². The van der Waals surface area contributed by atoms with E-state index in [1.54, 1.807) is 36.4 Å². The lowest BCUT2D eigenvalue weighted by Crippen LogP contribution is -2.33. The standard InChI is InChI=1S/C22H21Cl2NO3/c23-18-6-4-5-15(21(18)24)13-20-22(26)17-8-7-16(14-19(17)28-20)27-12-11-25-9-2-1-3-10-25/h4-8,13-14H,1-3,9-12H2/b20-13-. The summed E-state index contributed by atoms with van der Waals surface area (Å²) in [4.78, 5) is 15.0. The number of Topliss-reactive ketones (excluding diaryl/α,β-unsaturated/α-hetero) is 1. The number of nitrogens with zero attached hydrogens (tertiary/aromatic N) is 1. The molecule has 2 aliphatic rings. The molecule has 0 bridgehead atoms.